The number of aromatic nitrogens is 5. The molecule has 0 bridgehead atoms. The first-order valence-electron chi connectivity index (χ1n) is 8.07. The Morgan fingerprint density at radius 3 is 2.93 bits per heavy atom. The average Bonchev–Trinajstić information content (AvgIpc) is 3.33. The molecule has 28 heavy (non-hydrogen) atoms. The smallest absolute Gasteiger partial charge is 0.272 e. The van der Waals surface area contributed by atoms with Gasteiger partial charge in [-0.2, -0.15) is 5.26 Å². The summed E-state index contributed by atoms with van der Waals surface area (Å²) in [4.78, 5) is 16.5. The summed E-state index contributed by atoms with van der Waals surface area (Å²) in [6, 6.07) is 9.65. The van der Waals surface area contributed by atoms with Gasteiger partial charge in [0.05, 0.1) is 5.69 Å². The van der Waals surface area contributed by atoms with Crippen molar-refractivity contribution in [3.8, 4) is 6.07 Å². The van der Waals surface area contributed by atoms with Gasteiger partial charge in [0.1, 0.15) is 17.4 Å². The Kier molecular flexibility index (Phi) is 5.05. The molecule has 0 unspecified atom stereocenters. The zero-order valence-electron chi connectivity index (χ0n) is 14.2. The molecule has 0 saturated heterocycles. The second kappa shape index (κ2) is 7.79. The third-order valence-electron chi connectivity index (χ3n) is 3.78. The van der Waals surface area contributed by atoms with Gasteiger partial charge in [0.15, 0.2) is 9.99 Å². The van der Waals surface area contributed by atoms with Gasteiger partial charge in [-0.1, -0.05) is 35.2 Å². The summed E-state index contributed by atoms with van der Waals surface area (Å²) in [5.41, 5.74) is 1.84. The number of nitriles is 1. The van der Waals surface area contributed by atoms with Crippen LogP contribution < -0.4 is 10.9 Å². The largest absolute Gasteiger partial charge is 0.356 e. The van der Waals surface area contributed by atoms with Crippen molar-refractivity contribution in [2.75, 3.05) is 5.32 Å². The molecule has 0 aliphatic heterocycles. The zero-order chi connectivity index (χ0) is 19.5. The molecule has 1 aromatic carbocycles. The molecular weight excluding hydrogens is 401 g/mol. The Hall–Kier alpha value is -3.23. The molecule has 3 aromatic heterocycles. The SMILES string of the molecule is N#Cc1c[nH]n2c(=O)cc(CSc3nnc(NCc4ccc(F)cc4)s3)nc12. The standard InChI is InChI=1S/C17H12FN7OS2/c18-12-3-1-10(2-4-12)7-20-16-23-24-17(28-16)27-9-13-5-14(26)25-15(22-13)11(6-19)8-21-25/h1-5,8,21H,7,9H2,(H,20,23). The summed E-state index contributed by atoms with van der Waals surface area (Å²) in [5.74, 6) is 0.153. The molecule has 0 fully saturated rings. The molecule has 0 amide bonds. The minimum Gasteiger partial charge on any atom is -0.356 e. The van der Waals surface area contributed by atoms with Crippen LogP contribution in [0, 0.1) is 17.1 Å². The molecule has 4 aromatic rings. The quantitative estimate of drug-likeness (QED) is 0.468. The van der Waals surface area contributed by atoms with Crippen LogP contribution in [-0.2, 0) is 12.3 Å². The lowest BCUT2D eigenvalue weighted by atomic mass is 10.2. The van der Waals surface area contributed by atoms with Gasteiger partial charge in [-0.05, 0) is 17.7 Å². The highest BCUT2D eigenvalue weighted by Gasteiger charge is 2.11. The highest BCUT2D eigenvalue weighted by molar-refractivity contribution is 8.00. The molecular formula is C17H12FN7OS2. The predicted octanol–water partition coefficient (Wildman–Crippen LogP) is 2.79. The van der Waals surface area contributed by atoms with Gasteiger partial charge in [-0.25, -0.2) is 13.9 Å². The van der Waals surface area contributed by atoms with E-state index in [4.69, 9.17) is 5.26 Å². The maximum atomic E-state index is 12.9. The van der Waals surface area contributed by atoms with Gasteiger partial charge >= 0.3 is 0 Å². The first-order chi connectivity index (χ1) is 13.6. The van der Waals surface area contributed by atoms with E-state index in [2.05, 4.69) is 25.6 Å². The summed E-state index contributed by atoms with van der Waals surface area (Å²) in [6.07, 6.45) is 1.45. The van der Waals surface area contributed by atoms with E-state index < -0.39 is 0 Å². The number of hydrogen-bond donors (Lipinski definition) is 2. The van der Waals surface area contributed by atoms with Gasteiger partial charge in [0, 0.05) is 24.6 Å². The fraction of sp³-hybridized carbons (Fsp3) is 0.118. The molecule has 140 valence electrons. The minimum absolute atomic E-state index is 0.272. The first kappa shape index (κ1) is 18.1. The fourth-order valence-corrected chi connectivity index (χ4v) is 4.08. The Bertz CT molecular complexity index is 1220. The van der Waals surface area contributed by atoms with Crippen molar-refractivity contribution in [1.29, 1.82) is 5.26 Å². The van der Waals surface area contributed by atoms with Gasteiger partial charge in [0.25, 0.3) is 5.56 Å². The lowest BCUT2D eigenvalue weighted by Gasteiger charge is -2.01. The van der Waals surface area contributed by atoms with Crippen LogP contribution in [0.4, 0.5) is 9.52 Å². The number of nitrogens with zero attached hydrogens (tertiary/aromatic N) is 5. The van der Waals surface area contributed by atoms with Gasteiger partial charge in [-0.3, -0.25) is 9.89 Å². The summed E-state index contributed by atoms with van der Waals surface area (Å²) in [6.45, 7) is 0.513. The van der Waals surface area contributed by atoms with Gasteiger partial charge < -0.3 is 5.32 Å². The van der Waals surface area contributed by atoms with Crippen LogP contribution in [0.1, 0.15) is 16.8 Å². The number of nitrogens with one attached hydrogen (secondary N) is 2. The van der Waals surface area contributed by atoms with Crippen LogP contribution in [0.25, 0.3) is 5.65 Å². The van der Waals surface area contributed by atoms with Crippen LogP contribution in [0.5, 0.6) is 0 Å². The topological polar surface area (TPSA) is 112 Å². The number of halogens is 1. The van der Waals surface area contributed by atoms with Crippen molar-refractivity contribution < 1.29 is 4.39 Å². The van der Waals surface area contributed by atoms with Crippen molar-refractivity contribution in [2.45, 2.75) is 16.6 Å². The third kappa shape index (κ3) is 3.88. The summed E-state index contributed by atoms with van der Waals surface area (Å²) < 4.78 is 14.9. The molecule has 0 saturated carbocycles. The molecule has 0 aliphatic carbocycles. The molecule has 11 heteroatoms. The Morgan fingerprint density at radius 2 is 2.14 bits per heavy atom. The van der Waals surface area contributed by atoms with Crippen LogP contribution in [0.2, 0.25) is 0 Å². The number of benzene rings is 1. The van der Waals surface area contributed by atoms with E-state index >= 15 is 0 Å². The van der Waals surface area contributed by atoms with E-state index in [9.17, 15) is 9.18 Å². The monoisotopic (exact) mass is 413 g/mol. The maximum absolute atomic E-state index is 12.9. The van der Waals surface area contributed by atoms with Gasteiger partial charge in [0.2, 0.25) is 5.13 Å². The summed E-state index contributed by atoms with van der Waals surface area (Å²) in [7, 11) is 0. The van der Waals surface area contributed by atoms with Crippen molar-refractivity contribution in [2.24, 2.45) is 0 Å². The number of hydrogen-bond acceptors (Lipinski definition) is 8. The number of H-pyrrole nitrogens is 1. The number of thioether (sulfide) groups is 1. The van der Waals surface area contributed by atoms with Crippen molar-refractivity contribution in [3.63, 3.8) is 0 Å². The summed E-state index contributed by atoms with van der Waals surface area (Å²) in [5, 5.41) is 23.8. The van der Waals surface area contributed by atoms with Crippen molar-refractivity contribution in [1.82, 2.24) is 24.8 Å². The minimum atomic E-state index is -0.277. The molecule has 0 spiro atoms. The molecule has 2 N–H and O–H groups in total. The number of fused-ring (bicyclic) bond motifs is 1. The predicted molar refractivity (Wildman–Crippen MR) is 104 cm³/mol. The van der Waals surface area contributed by atoms with E-state index in [1.807, 2.05) is 6.07 Å². The second-order valence-corrected chi connectivity index (χ2v) is 7.89. The number of anilines is 1. The molecule has 3 heterocycles. The lowest BCUT2D eigenvalue weighted by Crippen LogP contribution is -2.15. The van der Waals surface area contributed by atoms with Crippen molar-refractivity contribution in [3.05, 3.63) is 69.5 Å². The van der Waals surface area contributed by atoms with E-state index in [-0.39, 0.29) is 11.4 Å². The number of rotatable bonds is 6. The average molecular weight is 413 g/mol. The van der Waals surface area contributed by atoms with Crippen molar-refractivity contribution >= 4 is 33.9 Å². The van der Waals surface area contributed by atoms with Gasteiger partial charge in [-0.15, -0.1) is 10.2 Å². The van der Waals surface area contributed by atoms with E-state index in [1.54, 1.807) is 12.1 Å². The molecule has 0 aliphatic rings. The molecule has 8 nitrogen and oxygen atoms in total. The van der Waals surface area contributed by atoms with Crippen LogP contribution in [0.15, 0.2) is 45.7 Å². The fourth-order valence-electron chi connectivity index (χ4n) is 2.44. The van der Waals surface area contributed by atoms with E-state index in [0.717, 1.165) is 9.90 Å². The molecule has 4 rings (SSSR count). The van der Waals surface area contributed by atoms with Crippen LogP contribution >= 0.6 is 23.1 Å². The number of aromatic amines is 1. The molecule has 0 atom stereocenters. The maximum Gasteiger partial charge on any atom is 0.272 e. The Balaban J connectivity index is 1.40. The lowest BCUT2D eigenvalue weighted by molar-refractivity contribution is 0.627. The highest BCUT2D eigenvalue weighted by Crippen LogP contribution is 2.28. The second-order valence-electron chi connectivity index (χ2n) is 5.69. The Labute approximate surface area is 166 Å². The Morgan fingerprint density at radius 1 is 1.32 bits per heavy atom. The van der Waals surface area contributed by atoms with Crippen LogP contribution in [0.3, 0.4) is 0 Å². The van der Waals surface area contributed by atoms with Crippen LogP contribution in [-0.4, -0.2) is 24.8 Å². The summed E-state index contributed by atoms with van der Waals surface area (Å²) >= 11 is 2.78. The third-order valence-corrected chi connectivity index (χ3v) is 5.83. The van der Waals surface area contributed by atoms with E-state index in [0.29, 0.717) is 34.3 Å². The highest BCUT2D eigenvalue weighted by atomic mass is 32.2. The molecule has 0 radical (unpaired) electrons. The normalized spacial score (nSPS) is 10.9. The van der Waals surface area contributed by atoms with E-state index in [1.165, 1.54) is 52.0 Å². The first-order valence-corrected chi connectivity index (χ1v) is 9.87. The zero-order valence-corrected chi connectivity index (χ0v) is 15.9.